The Balaban J connectivity index is 1.27. The van der Waals surface area contributed by atoms with Crippen LogP contribution in [-0.2, 0) is 30.4 Å². The van der Waals surface area contributed by atoms with Gasteiger partial charge in [-0.15, -0.1) is 0 Å². The number of aryl methyl sites for hydroxylation is 1. The summed E-state index contributed by atoms with van der Waals surface area (Å²) in [7, 11) is 1.67. The fraction of sp³-hybridized carbons (Fsp3) is 0.269. The van der Waals surface area contributed by atoms with Crippen LogP contribution in [-0.4, -0.2) is 31.1 Å². The Bertz CT molecular complexity index is 1450. The molecule has 2 aromatic carbocycles. The van der Waals surface area contributed by atoms with Gasteiger partial charge in [0, 0.05) is 12.6 Å². The van der Waals surface area contributed by atoms with Crippen molar-refractivity contribution in [1.82, 2.24) is 30.2 Å². The summed E-state index contributed by atoms with van der Waals surface area (Å²) in [6, 6.07) is 14.9. The third kappa shape index (κ3) is 5.60. The number of hydrogen-bond acceptors (Lipinski definition) is 6. The van der Waals surface area contributed by atoms with E-state index in [0.29, 0.717) is 23.2 Å². The van der Waals surface area contributed by atoms with Crippen molar-refractivity contribution in [3.8, 4) is 5.75 Å². The predicted octanol–water partition coefficient (Wildman–Crippen LogP) is 2.47. The molecule has 0 spiro atoms. The summed E-state index contributed by atoms with van der Waals surface area (Å²) in [5.41, 5.74) is 7.28. The highest BCUT2D eigenvalue weighted by atomic mass is 16.5. The number of hydrazine groups is 1. The van der Waals surface area contributed by atoms with Crippen molar-refractivity contribution < 1.29 is 14.3 Å². The van der Waals surface area contributed by atoms with Crippen LogP contribution >= 0.6 is 0 Å². The second kappa shape index (κ2) is 10.0. The van der Waals surface area contributed by atoms with Crippen molar-refractivity contribution in [3.05, 3.63) is 88.1 Å². The Morgan fingerprint density at radius 2 is 1.69 bits per heavy atom. The highest BCUT2D eigenvalue weighted by Gasteiger charge is 2.14. The first kappa shape index (κ1) is 24.6. The number of nitrogens with zero attached hydrogens (tertiary/aromatic N) is 4. The van der Waals surface area contributed by atoms with Crippen LogP contribution < -0.4 is 21.1 Å². The number of carbonyl (C=O) groups excluding carboxylic acids is 2. The molecule has 2 aromatic heterocycles. The molecular weight excluding hydrogens is 460 g/mol. The second-order valence-corrected chi connectivity index (χ2v) is 9.45. The molecule has 0 saturated heterocycles. The van der Waals surface area contributed by atoms with E-state index in [-0.39, 0.29) is 12.0 Å². The molecule has 0 unspecified atom stereocenters. The summed E-state index contributed by atoms with van der Waals surface area (Å²) < 4.78 is 8.46. The quantitative estimate of drug-likeness (QED) is 0.403. The maximum Gasteiger partial charge on any atom is 0.269 e. The van der Waals surface area contributed by atoms with E-state index in [1.807, 2.05) is 12.1 Å². The number of fused-ring (bicyclic) bond motifs is 1. The first-order valence-electron chi connectivity index (χ1n) is 11.4. The molecule has 2 amide bonds. The van der Waals surface area contributed by atoms with Crippen molar-refractivity contribution in [2.75, 3.05) is 0 Å². The second-order valence-electron chi connectivity index (χ2n) is 9.45. The van der Waals surface area contributed by atoms with Gasteiger partial charge in [-0.05, 0) is 40.8 Å². The van der Waals surface area contributed by atoms with Gasteiger partial charge in [0.15, 0.2) is 5.65 Å². The molecule has 0 radical (unpaired) electrons. The summed E-state index contributed by atoms with van der Waals surface area (Å²) in [5, 5.41) is 4.30. The fourth-order valence-corrected chi connectivity index (χ4v) is 3.54. The summed E-state index contributed by atoms with van der Waals surface area (Å²) >= 11 is 0. The van der Waals surface area contributed by atoms with Gasteiger partial charge in [0.2, 0.25) is 0 Å². The zero-order chi connectivity index (χ0) is 25.9. The molecule has 0 aliphatic rings. The van der Waals surface area contributed by atoms with Crippen molar-refractivity contribution >= 4 is 22.8 Å². The van der Waals surface area contributed by atoms with Crippen LogP contribution in [0.25, 0.3) is 11.0 Å². The molecular formula is C26H28N6O4. The number of hydrogen-bond donors (Lipinski definition) is 2. The summed E-state index contributed by atoms with van der Waals surface area (Å²) in [6.07, 6.45) is 2.67. The van der Waals surface area contributed by atoms with Gasteiger partial charge in [0.25, 0.3) is 17.4 Å². The Morgan fingerprint density at radius 3 is 2.36 bits per heavy atom. The number of benzene rings is 2. The third-order valence-corrected chi connectivity index (χ3v) is 5.69. The van der Waals surface area contributed by atoms with Crippen LogP contribution in [0.4, 0.5) is 0 Å². The van der Waals surface area contributed by atoms with Crippen LogP contribution in [0, 0.1) is 0 Å². The zero-order valence-electron chi connectivity index (χ0n) is 20.6. The minimum absolute atomic E-state index is 0.0809. The molecule has 0 bridgehead atoms. The molecule has 0 atom stereocenters. The molecule has 0 aliphatic heterocycles. The lowest BCUT2D eigenvalue weighted by Gasteiger charge is -2.19. The van der Waals surface area contributed by atoms with E-state index in [4.69, 9.17) is 4.74 Å². The SMILES string of the molecule is Cn1ncc2c(=O)n(CC(=O)NNC(=O)c3ccc(COc4ccc(C(C)(C)C)cc4)cc3)cnc21. The Labute approximate surface area is 207 Å². The third-order valence-electron chi connectivity index (χ3n) is 5.69. The lowest BCUT2D eigenvalue weighted by Crippen LogP contribution is -2.44. The van der Waals surface area contributed by atoms with Crippen LogP contribution in [0.15, 0.2) is 65.8 Å². The van der Waals surface area contributed by atoms with Gasteiger partial charge in [-0.2, -0.15) is 5.10 Å². The number of nitrogens with one attached hydrogen (secondary N) is 2. The first-order chi connectivity index (χ1) is 17.1. The smallest absolute Gasteiger partial charge is 0.269 e. The monoisotopic (exact) mass is 488 g/mol. The van der Waals surface area contributed by atoms with E-state index in [0.717, 1.165) is 15.9 Å². The summed E-state index contributed by atoms with van der Waals surface area (Å²) in [6.45, 7) is 6.54. The number of amides is 2. The summed E-state index contributed by atoms with van der Waals surface area (Å²) in [4.78, 5) is 41.2. The van der Waals surface area contributed by atoms with Gasteiger partial charge in [0.1, 0.15) is 30.6 Å². The average Bonchev–Trinajstić information content (AvgIpc) is 3.24. The van der Waals surface area contributed by atoms with Crippen LogP contribution in [0.3, 0.4) is 0 Å². The Kier molecular flexibility index (Phi) is 6.86. The van der Waals surface area contributed by atoms with Crippen LogP contribution in [0.2, 0.25) is 0 Å². The van der Waals surface area contributed by atoms with E-state index < -0.39 is 17.4 Å². The number of carbonyl (C=O) groups is 2. The topological polar surface area (TPSA) is 120 Å². The van der Waals surface area contributed by atoms with E-state index in [2.05, 4.69) is 53.8 Å². The van der Waals surface area contributed by atoms with Crippen LogP contribution in [0.1, 0.15) is 42.3 Å². The maximum atomic E-state index is 12.5. The lowest BCUT2D eigenvalue weighted by atomic mass is 9.87. The normalized spacial score (nSPS) is 11.3. The molecule has 10 heteroatoms. The fourth-order valence-electron chi connectivity index (χ4n) is 3.54. The minimum atomic E-state index is -0.571. The van der Waals surface area contributed by atoms with Crippen molar-refractivity contribution in [2.24, 2.45) is 7.05 Å². The first-order valence-corrected chi connectivity index (χ1v) is 11.4. The van der Waals surface area contributed by atoms with Crippen molar-refractivity contribution in [2.45, 2.75) is 39.3 Å². The summed E-state index contributed by atoms with van der Waals surface area (Å²) in [5.74, 6) is -0.288. The standard InChI is InChI=1S/C26H28N6O4/c1-26(2,3)19-9-11-20(12-10-19)36-15-17-5-7-18(8-6-17)24(34)30-29-22(33)14-32-16-27-23-21(25(32)35)13-28-31(23)4/h5-13,16H,14-15H2,1-4H3,(H,29,33)(H,30,34). The van der Waals surface area contributed by atoms with Gasteiger partial charge >= 0.3 is 0 Å². The average molecular weight is 489 g/mol. The molecule has 4 rings (SSSR count). The Morgan fingerprint density at radius 1 is 1.00 bits per heavy atom. The maximum absolute atomic E-state index is 12.5. The van der Waals surface area contributed by atoms with Gasteiger partial charge in [-0.25, -0.2) is 4.98 Å². The molecule has 2 heterocycles. The highest BCUT2D eigenvalue weighted by molar-refractivity contribution is 5.95. The van der Waals surface area contributed by atoms with Crippen molar-refractivity contribution in [3.63, 3.8) is 0 Å². The number of aromatic nitrogens is 4. The molecule has 0 fully saturated rings. The van der Waals surface area contributed by atoms with Gasteiger partial charge in [-0.1, -0.05) is 45.0 Å². The van der Waals surface area contributed by atoms with Gasteiger partial charge < -0.3 is 4.74 Å². The molecule has 4 aromatic rings. The molecule has 36 heavy (non-hydrogen) atoms. The molecule has 0 saturated carbocycles. The van der Waals surface area contributed by atoms with Crippen LogP contribution in [0.5, 0.6) is 5.75 Å². The molecule has 2 N–H and O–H groups in total. The van der Waals surface area contributed by atoms with Gasteiger partial charge in [-0.3, -0.25) is 34.5 Å². The van der Waals surface area contributed by atoms with E-state index >= 15 is 0 Å². The molecule has 10 nitrogen and oxygen atoms in total. The molecule has 0 aliphatic carbocycles. The van der Waals surface area contributed by atoms with Crippen molar-refractivity contribution in [1.29, 1.82) is 0 Å². The van der Waals surface area contributed by atoms with E-state index in [1.54, 1.807) is 31.3 Å². The predicted molar refractivity (Wildman–Crippen MR) is 134 cm³/mol. The highest BCUT2D eigenvalue weighted by Crippen LogP contribution is 2.24. The number of rotatable bonds is 6. The lowest BCUT2D eigenvalue weighted by molar-refractivity contribution is -0.122. The Hall–Kier alpha value is -4.47. The zero-order valence-corrected chi connectivity index (χ0v) is 20.6. The van der Waals surface area contributed by atoms with E-state index in [9.17, 15) is 14.4 Å². The molecule has 186 valence electrons. The van der Waals surface area contributed by atoms with E-state index in [1.165, 1.54) is 22.8 Å². The minimum Gasteiger partial charge on any atom is -0.489 e. The van der Waals surface area contributed by atoms with Gasteiger partial charge in [0.05, 0.1) is 6.20 Å². The largest absolute Gasteiger partial charge is 0.489 e. The number of ether oxygens (including phenoxy) is 1.